The van der Waals surface area contributed by atoms with E-state index in [9.17, 15) is 4.79 Å². The third-order valence-electron chi connectivity index (χ3n) is 5.83. The van der Waals surface area contributed by atoms with Gasteiger partial charge in [0.1, 0.15) is 0 Å². The minimum atomic E-state index is -0.123. The van der Waals surface area contributed by atoms with Crippen molar-refractivity contribution >= 4 is 29.0 Å². The Labute approximate surface area is 194 Å². The molecule has 1 saturated heterocycles. The summed E-state index contributed by atoms with van der Waals surface area (Å²) in [6, 6.07) is 21.3. The average molecular weight is 447 g/mol. The number of amides is 1. The summed E-state index contributed by atoms with van der Waals surface area (Å²) in [6.45, 7) is 4.70. The summed E-state index contributed by atoms with van der Waals surface area (Å²) >= 11 is 1.68. The number of benzene rings is 2. The topological polar surface area (TPSA) is 41.6 Å². The Morgan fingerprint density at radius 2 is 1.78 bits per heavy atom. The second-order valence-corrected chi connectivity index (χ2v) is 9.46. The molecule has 0 bridgehead atoms. The summed E-state index contributed by atoms with van der Waals surface area (Å²) < 4.78 is 5.45. The summed E-state index contributed by atoms with van der Waals surface area (Å²) in [4.78, 5) is 17.0. The van der Waals surface area contributed by atoms with Gasteiger partial charge >= 0.3 is 0 Å². The normalized spacial score (nSPS) is 14.8. The predicted molar refractivity (Wildman–Crippen MR) is 134 cm³/mol. The van der Waals surface area contributed by atoms with Gasteiger partial charge in [-0.05, 0) is 68.3 Å². The molecular formula is C27H30N2O2S. The van der Waals surface area contributed by atoms with Crippen molar-refractivity contribution in [1.82, 2.24) is 4.90 Å². The zero-order valence-electron chi connectivity index (χ0n) is 18.7. The molecule has 2 heterocycles. The van der Waals surface area contributed by atoms with Crippen molar-refractivity contribution in [2.75, 3.05) is 25.6 Å². The smallest absolute Gasteiger partial charge is 0.248 e. The second kappa shape index (κ2) is 10.7. The number of aryl methyl sites for hydroxylation is 1. The Hall–Kier alpha value is -2.73. The minimum Gasteiger partial charge on any atom is -0.381 e. The van der Waals surface area contributed by atoms with Crippen LogP contribution in [0.15, 0.2) is 66.7 Å². The fourth-order valence-corrected chi connectivity index (χ4v) is 4.81. The maximum absolute atomic E-state index is 12.4. The number of hydrogen-bond acceptors (Lipinski definition) is 4. The number of nitrogens with one attached hydrogen (secondary N) is 1. The minimum absolute atomic E-state index is 0.123. The van der Waals surface area contributed by atoms with E-state index >= 15 is 0 Å². The fraction of sp³-hybridized carbons (Fsp3) is 0.296. The molecular weight excluding hydrogens is 416 g/mol. The van der Waals surface area contributed by atoms with Gasteiger partial charge in [0.25, 0.3) is 0 Å². The molecule has 4 nitrogen and oxygen atoms in total. The summed E-state index contributed by atoms with van der Waals surface area (Å²) in [6.07, 6.45) is 5.65. The van der Waals surface area contributed by atoms with Crippen LogP contribution in [-0.4, -0.2) is 37.1 Å². The van der Waals surface area contributed by atoms with E-state index in [-0.39, 0.29) is 5.91 Å². The van der Waals surface area contributed by atoms with Crippen LogP contribution in [0.2, 0.25) is 0 Å². The first-order valence-electron chi connectivity index (χ1n) is 11.1. The number of anilines is 1. The molecule has 0 unspecified atom stereocenters. The maximum Gasteiger partial charge on any atom is 0.248 e. The van der Waals surface area contributed by atoms with E-state index in [0.29, 0.717) is 6.04 Å². The highest BCUT2D eigenvalue weighted by atomic mass is 32.1. The molecule has 0 radical (unpaired) electrons. The van der Waals surface area contributed by atoms with Gasteiger partial charge in [0, 0.05) is 47.3 Å². The van der Waals surface area contributed by atoms with Crippen LogP contribution in [-0.2, 0) is 16.1 Å². The summed E-state index contributed by atoms with van der Waals surface area (Å²) in [5.41, 5.74) is 4.51. The van der Waals surface area contributed by atoms with E-state index in [1.54, 1.807) is 17.4 Å². The van der Waals surface area contributed by atoms with Crippen LogP contribution in [0.5, 0.6) is 0 Å². The van der Waals surface area contributed by atoms with Crippen LogP contribution in [0, 0.1) is 6.92 Å². The number of carbonyl (C=O) groups is 1. The first-order valence-corrected chi connectivity index (χ1v) is 11.9. The Morgan fingerprint density at radius 3 is 2.50 bits per heavy atom. The Kier molecular flexibility index (Phi) is 7.53. The van der Waals surface area contributed by atoms with Crippen molar-refractivity contribution in [2.24, 2.45) is 0 Å². The van der Waals surface area contributed by atoms with E-state index < -0.39 is 0 Å². The monoisotopic (exact) mass is 446 g/mol. The van der Waals surface area contributed by atoms with Crippen LogP contribution < -0.4 is 5.32 Å². The number of nitrogens with zero attached hydrogens (tertiary/aromatic N) is 1. The SMILES string of the molecule is Cc1ccc(-c2ccc(/C=C/C(=O)Nc3ccc(CN(C)C4CCOCC4)cc3)s2)cc1. The Morgan fingerprint density at radius 1 is 1.06 bits per heavy atom. The molecule has 0 atom stereocenters. The molecule has 1 aliphatic heterocycles. The number of hydrogen-bond donors (Lipinski definition) is 1. The molecule has 1 N–H and O–H groups in total. The van der Waals surface area contributed by atoms with Crippen molar-refractivity contribution in [1.29, 1.82) is 0 Å². The molecule has 32 heavy (non-hydrogen) atoms. The van der Waals surface area contributed by atoms with Crippen molar-refractivity contribution in [2.45, 2.75) is 32.4 Å². The van der Waals surface area contributed by atoms with E-state index in [1.807, 2.05) is 24.3 Å². The predicted octanol–water partition coefficient (Wildman–Crippen LogP) is 5.99. The molecule has 0 saturated carbocycles. The van der Waals surface area contributed by atoms with Gasteiger partial charge < -0.3 is 10.1 Å². The molecule has 4 rings (SSSR count). The van der Waals surface area contributed by atoms with E-state index in [4.69, 9.17) is 4.74 Å². The highest BCUT2D eigenvalue weighted by Gasteiger charge is 2.18. The quantitative estimate of drug-likeness (QED) is 0.454. The largest absolute Gasteiger partial charge is 0.381 e. The maximum atomic E-state index is 12.4. The van der Waals surface area contributed by atoms with Gasteiger partial charge in [-0.1, -0.05) is 42.0 Å². The van der Waals surface area contributed by atoms with Crippen molar-refractivity contribution in [3.05, 3.63) is 82.7 Å². The highest BCUT2D eigenvalue weighted by molar-refractivity contribution is 7.16. The standard InChI is InChI=1S/C27H30N2O2S/c1-20-3-7-22(8-4-20)26-13-11-25(32-26)12-14-27(30)28-23-9-5-21(6-10-23)19-29(2)24-15-17-31-18-16-24/h3-14,24H,15-19H2,1-2H3,(H,28,30)/b14-12+. The van der Waals surface area contributed by atoms with Crippen LogP contribution >= 0.6 is 11.3 Å². The van der Waals surface area contributed by atoms with Gasteiger partial charge in [-0.3, -0.25) is 9.69 Å². The third-order valence-corrected chi connectivity index (χ3v) is 6.93. The first-order chi connectivity index (χ1) is 15.6. The van der Waals surface area contributed by atoms with E-state index in [1.165, 1.54) is 21.6 Å². The number of carbonyl (C=O) groups excluding carboxylic acids is 1. The van der Waals surface area contributed by atoms with Crippen LogP contribution in [0.3, 0.4) is 0 Å². The lowest BCUT2D eigenvalue weighted by Crippen LogP contribution is -2.36. The summed E-state index contributed by atoms with van der Waals surface area (Å²) in [5, 5.41) is 2.95. The van der Waals surface area contributed by atoms with Gasteiger partial charge in [-0.2, -0.15) is 0 Å². The number of thiophene rings is 1. The molecule has 0 aliphatic carbocycles. The average Bonchev–Trinajstić information content (AvgIpc) is 3.29. The molecule has 1 aromatic heterocycles. The van der Waals surface area contributed by atoms with Crippen molar-refractivity contribution < 1.29 is 9.53 Å². The molecule has 166 valence electrons. The highest BCUT2D eigenvalue weighted by Crippen LogP contribution is 2.29. The van der Waals surface area contributed by atoms with Gasteiger partial charge in [0.2, 0.25) is 5.91 Å². The van der Waals surface area contributed by atoms with E-state index in [2.05, 4.69) is 66.7 Å². The lowest BCUT2D eigenvalue weighted by Gasteiger charge is -2.31. The summed E-state index contributed by atoms with van der Waals surface area (Å²) in [5.74, 6) is -0.123. The first kappa shape index (κ1) is 22.5. The zero-order chi connectivity index (χ0) is 22.3. The van der Waals surface area contributed by atoms with Crippen LogP contribution in [0.1, 0.15) is 28.8 Å². The second-order valence-electron chi connectivity index (χ2n) is 8.35. The molecule has 1 fully saturated rings. The van der Waals surface area contributed by atoms with Crippen LogP contribution in [0.25, 0.3) is 16.5 Å². The van der Waals surface area contributed by atoms with Crippen molar-refractivity contribution in [3.63, 3.8) is 0 Å². The van der Waals surface area contributed by atoms with Gasteiger partial charge in [-0.15, -0.1) is 11.3 Å². The number of ether oxygens (including phenoxy) is 1. The Balaban J connectivity index is 1.29. The third kappa shape index (κ3) is 6.16. The molecule has 2 aromatic carbocycles. The number of rotatable bonds is 7. The lowest BCUT2D eigenvalue weighted by molar-refractivity contribution is -0.111. The zero-order valence-corrected chi connectivity index (χ0v) is 19.5. The lowest BCUT2D eigenvalue weighted by atomic mass is 10.1. The molecule has 1 amide bonds. The van der Waals surface area contributed by atoms with Crippen LogP contribution in [0.4, 0.5) is 5.69 Å². The van der Waals surface area contributed by atoms with Crippen molar-refractivity contribution in [3.8, 4) is 10.4 Å². The van der Waals surface area contributed by atoms with Gasteiger partial charge in [-0.25, -0.2) is 0 Å². The molecule has 5 heteroatoms. The van der Waals surface area contributed by atoms with Gasteiger partial charge in [0.05, 0.1) is 0 Å². The molecule has 1 aliphatic rings. The molecule has 3 aromatic rings. The van der Waals surface area contributed by atoms with E-state index in [0.717, 1.165) is 43.2 Å². The Bertz CT molecular complexity index is 1050. The van der Waals surface area contributed by atoms with Gasteiger partial charge in [0.15, 0.2) is 0 Å². The molecule has 0 spiro atoms. The summed E-state index contributed by atoms with van der Waals surface area (Å²) in [7, 11) is 2.17. The fourth-order valence-electron chi connectivity index (χ4n) is 3.89.